The topological polar surface area (TPSA) is 75.6 Å². The summed E-state index contributed by atoms with van der Waals surface area (Å²) in [4.78, 5) is 25.1. The van der Waals surface area contributed by atoms with Crippen LogP contribution < -0.4 is 5.32 Å². The number of thiophene rings is 1. The normalized spacial score (nSPS) is 28.9. The van der Waals surface area contributed by atoms with Gasteiger partial charge in [-0.25, -0.2) is 4.79 Å². The summed E-state index contributed by atoms with van der Waals surface area (Å²) in [5.74, 6) is -1.04. The Bertz CT molecular complexity index is 564. The van der Waals surface area contributed by atoms with Gasteiger partial charge >= 0.3 is 5.97 Å². The van der Waals surface area contributed by atoms with Crippen LogP contribution in [0.1, 0.15) is 35.6 Å². The summed E-state index contributed by atoms with van der Waals surface area (Å²) >= 11 is 1.68. The van der Waals surface area contributed by atoms with Gasteiger partial charge in [0.15, 0.2) is 0 Å². The van der Waals surface area contributed by atoms with Gasteiger partial charge in [0.05, 0.1) is 6.61 Å². The lowest BCUT2D eigenvalue weighted by atomic mass is 9.93. The number of aryl methyl sites for hydroxylation is 1. The molecule has 1 aliphatic heterocycles. The summed E-state index contributed by atoms with van der Waals surface area (Å²) in [6, 6.07) is 1.23. The number of aliphatic carboxylic acids is 1. The fourth-order valence-corrected chi connectivity index (χ4v) is 4.32. The van der Waals surface area contributed by atoms with Gasteiger partial charge in [-0.3, -0.25) is 4.79 Å². The second-order valence-electron chi connectivity index (χ2n) is 6.22. The number of hydrogen-bond acceptors (Lipinski definition) is 4. The van der Waals surface area contributed by atoms with E-state index in [-0.39, 0.29) is 23.7 Å². The molecular formula is C16H21NO4S. The monoisotopic (exact) mass is 323 g/mol. The van der Waals surface area contributed by atoms with Crippen LogP contribution in [0.3, 0.4) is 0 Å². The van der Waals surface area contributed by atoms with Gasteiger partial charge in [0, 0.05) is 29.2 Å². The number of carboxylic acid groups (broad SMARTS) is 1. The number of nitrogens with one attached hydrogen (secondary N) is 1. The number of hydrogen-bond donors (Lipinski definition) is 2. The predicted molar refractivity (Wildman–Crippen MR) is 83.0 cm³/mol. The van der Waals surface area contributed by atoms with Gasteiger partial charge in [0.1, 0.15) is 6.04 Å². The lowest BCUT2D eigenvalue weighted by Gasteiger charge is -2.28. The van der Waals surface area contributed by atoms with Crippen molar-refractivity contribution in [3.05, 3.63) is 21.9 Å². The number of ether oxygens (including phenoxy) is 1. The van der Waals surface area contributed by atoms with Crippen molar-refractivity contribution in [2.24, 2.45) is 11.8 Å². The first kappa shape index (κ1) is 15.5. The third kappa shape index (κ3) is 3.17. The Morgan fingerprint density at radius 1 is 1.50 bits per heavy atom. The lowest BCUT2D eigenvalue weighted by molar-refractivity contribution is -0.145. The van der Waals surface area contributed by atoms with Crippen LogP contribution in [0.5, 0.6) is 0 Å². The molecule has 2 heterocycles. The van der Waals surface area contributed by atoms with Crippen LogP contribution in [-0.2, 0) is 14.3 Å². The molecule has 1 aromatic heterocycles. The van der Waals surface area contributed by atoms with Gasteiger partial charge in [-0.1, -0.05) is 0 Å². The molecular weight excluding hydrogens is 302 g/mol. The van der Waals surface area contributed by atoms with E-state index < -0.39 is 12.0 Å². The maximum absolute atomic E-state index is 12.4. The highest BCUT2D eigenvalue weighted by Crippen LogP contribution is 2.50. The molecule has 1 saturated heterocycles. The minimum absolute atomic E-state index is 0.0799. The van der Waals surface area contributed by atoms with E-state index in [4.69, 9.17) is 4.74 Å². The van der Waals surface area contributed by atoms with Gasteiger partial charge in [0.25, 0.3) is 0 Å². The fraction of sp³-hybridized carbons (Fsp3) is 0.625. The van der Waals surface area contributed by atoms with Crippen molar-refractivity contribution >= 4 is 23.2 Å². The van der Waals surface area contributed by atoms with Gasteiger partial charge in [-0.05, 0) is 43.2 Å². The molecule has 3 rings (SSSR count). The van der Waals surface area contributed by atoms with E-state index in [2.05, 4.69) is 18.3 Å². The van der Waals surface area contributed by atoms with Crippen molar-refractivity contribution in [3.8, 4) is 0 Å². The molecule has 0 aromatic carbocycles. The molecule has 1 aromatic rings. The quantitative estimate of drug-likeness (QED) is 0.870. The van der Waals surface area contributed by atoms with Crippen molar-refractivity contribution in [3.63, 3.8) is 0 Å². The van der Waals surface area contributed by atoms with Crippen LogP contribution in [-0.4, -0.2) is 36.2 Å². The zero-order chi connectivity index (χ0) is 15.7. The minimum Gasteiger partial charge on any atom is -0.480 e. The molecule has 0 bridgehead atoms. The SMILES string of the molecule is Cc1ccsc1C1CC1C(=O)NC(C(=O)O)C1CCCOC1. The summed E-state index contributed by atoms with van der Waals surface area (Å²) in [7, 11) is 0. The highest BCUT2D eigenvalue weighted by atomic mass is 32.1. The molecule has 0 spiro atoms. The molecule has 2 N–H and O–H groups in total. The van der Waals surface area contributed by atoms with Gasteiger partial charge in [0.2, 0.25) is 5.91 Å². The average Bonchev–Trinajstić information content (AvgIpc) is 3.19. The Balaban J connectivity index is 1.60. The summed E-state index contributed by atoms with van der Waals surface area (Å²) < 4.78 is 5.35. The molecule has 22 heavy (non-hydrogen) atoms. The Morgan fingerprint density at radius 3 is 2.91 bits per heavy atom. The van der Waals surface area contributed by atoms with Crippen molar-refractivity contribution in [1.82, 2.24) is 5.32 Å². The fourth-order valence-electron chi connectivity index (χ4n) is 3.21. The largest absolute Gasteiger partial charge is 0.480 e. The lowest BCUT2D eigenvalue weighted by Crippen LogP contribution is -2.49. The predicted octanol–water partition coefficient (Wildman–Crippen LogP) is 2.16. The highest BCUT2D eigenvalue weighted by Gasteiger charge is 2.46. The Morgan fingerprint density at radius 2 is 2.32 bits per heavy atom. The summed E-state index contributed by atoms with van der Waals surface area (Å²) in [6.07, 6.45) is 2.46. The van der Waals surface area contributed by atoms with E-state index in [1.807, 2.05) is 5.38 Å². The standard InChI is InChI=1S/C16H21NO4S/c1-9-4-6-22-14(9)11-7-12(11)15(18)17-13(16(19)20)10-3-2-5-21-8-10/h4,6,10-13H,2-3,5,7-8H2,1H3,(H,17,18)(H,19,20). The second kappa shape index (κ2) is 6.38. The zero-order valence-electron chi connectivity index (χ0n) is 12.6. The molecule has 1 aliphatic carbocycles. The smallest absolute Gasteiger partial charge is 0.326 e. The Hall–Kier alpha value is -1.40. The van der Waals surface area contributed by atoms with Crippen molar-refractivity contribution < 1.29 is 19.4 Å². The van der Waals surface area contributed by atoms with E-state index in [9.17, 15) is 14.7 Å². The molecule has 6 heteroatoms. The van der Waals surface area contributed by atoms with E-state index in [1.165, 1.54) is 10.4 Å². The van der Waals surface area contributed by atoms with E-state index in [0.717, 1.165) is 19.3 Å². The molecule has 2 fully saturated rings. The summed E-state index contributed by atoms with van der Waals surface area (Å²) in [6.45, 7) is 3.15. The first-order chi connectivity index (χ1) is 10.6. The summed E-state index contributed by atoms with van der Waals surface area (Å²) in [5, 5.41) is 14.2. The van der Waals surface area contributed by atoms with E-state index >= 15 is 0 Å². The highest BCUT2D eigenvalue weighted by molar-refractivity contribution is 7.10. The average molecular weight is 323 g/mol. The van der Waals surface area contributed by atoms with Crippen molar-refractivity contribution in [2.75, 3.05) is 13.2 Å². The molecule has 4 unspecified atom stereocenters. The Labute approximate surface area is 133 Å². The van der Waals surface area contributed by atoms with Crippen LogP contribution in [0.2, 0.25) is 0 Å². The van der Waals surface area contributed by atoms with Gasteiger partial charge in [-0.15, -0.1) is 11.3 Å². The van der Waals surface area contributed by atoms with Crippen LogP contribution in [0.15, 0.2) is 11.4 Å². The van der Waals surface area contributed by atoms with Crippen molar-refractivity contribution in [1.29, 1.82) is 0 Å². The number of carbonyl (C=O) groups excluding carboxylic acids is 1. The molecule has 1 amide bonds. The van der Waals surface area contributed by atoms with Crippen molar-refractivity contribution in [2.45, 2.75) is 38.1 Å². The molecule has 120 valence electrons. The van der Waals surface area contributed by atoms with Gasteiger partial charge in [-0.2, -0.15) is 0 Å². The maximum Gasteiger partial charge on any atom is 0.326 e. The molecule has 1 saturated carbocycles. The van der Waals surface area contributed by atoms with Gasteiger partial charge < -0.3 is 15.2 Å². The number of rotatable bonds is 5. The maximum atomic E-state index is 12.4. The van der Waals surface area contributed by atoms with Crippen LogP contribution in [0, 0.1) is 18.8 Å². The first-order valence-corrected chi connectivity index (χ1v) is 8.61. The Kier molecular flexibility index (Phi) is 4.49. The molecule has 4 atom stereocenters. The third-order valence-electron chi connectivity index (χ3n) is 4.60. The summed E-state index contributed by atoms with van der Waals surface area (Å²) in [5.41, 5.74) is 1.22. The molecule has 5 nitrogen and oxygen atoms in total. The van der Waals surface area contributed by atoms with Crippen LogP contribution in [0.4, 0.5) is 0 Å². The third-order valence-corrected chi connectivity index (χ3v) is 5.75. The van der Waals surface area contributed by atoms with Crippen LogP contribution in [0.25, 0.3) is 0 Å². The first-order valence-electron chi connectivity index (χ1n) is 7.73. The number of carboxylic acids is 1. The van der Waals surface area contributed by atoms with Crippen LogP contribution >= 0.6 is 11.3 Å². The number of carbonyl (C=O) groups is 2. The molecule has 0 radical (unpaired) electrons. The number of amides is 1. The zero-order valence-corrected chi connectivity index (χ0v) is 13.4. The minimum atomic E-state index is -0.964. The van der Waals surface area contributed by atoms with E-state index in [1.54, 1.807) is 11.3 Å². The van der Waals surface area contributed by atoms with E-state index in [0.29, 0.717) is 13.2 Å². The molecule has 2 aliphatic rings. The second-order valence-corrected chi connectivity index (χ2v) is 7.17.